The van der Waals surface area contributed by atoms with E-state index in [1.54, 1.807) is 21.0 Å². The fraction of sp³-hybridized carbons (Fsp3) is 0.818. The molecule has 0 aromatic carbocycles. The maximum absolute atomic E-state index is 11.6. The molecule has 0 saturated heterocycles. The van der Waals surface area contributed by atoms with Gasteiger partial charge in [0.25, 0.3) is 5.91 Å². The first kappa shape index (κ1) is 13.0. The van der Waals surface area contributed by atoms with E-state index in [2.05, 4.69) is 5.16 Å². The van der Waals surface area contributed by atoms with Crippen molar-refractivity contribution in [2.45, 2.75) is 44.8 Å². The molecule has 92 valence electrons. The predicted molar refractivity (Wildman–Crippen MR) is 60.7 cm³/mol. The average molecular weight is 228 g/mol. The van der Waals surface area contributed by atoms with E-state index >= 15 is 0 Å². The maximum atomic E-state index is 11.6. The average Bonchev–Trinajstić information content (AvgIpc) is 2.28. The summed E-state index contributed by atoms with van der Waals surface area (Å²) in [6, 6.07) is 0. The van der Waals surface area contributed by atoms with E-state index in [9.17, 15) is 4.79 Å². The van der Waals surface area contributed by atoms with Crippen molar-refractivity contribution >= 4 is 11.6 Å². The third-order valence-corrected chi connectivity index (χ3v) is 2.84. The molecular weight excluding hydrogens is 208 g/mol. The number of ether oxygens (including phenoxy) is 1. The molecule has 0 bridgehead atoms. The highest BCUT2D eigenvalue weighted by Crippen LogP contribution is 2.20. The van der Waals surface area contributed by atoms with Crippen LogP contribution in [0.1, 0.15) is 32.6 Å². The van der Waals surface area contributed by atoms with Crippen molar-refractivity contribution in [3.05, 3.63) is 0 Å². The van der Waals surface area contributed by atoms with Crippen LogP contribution in [0.4, 0.5) is 0 Å². The number of hydrogen-bond acceptors (Lipinski definition) is 4. The first-order valence-corrected chi connectivity index (χ1v) is 5.61. The van der Waals surface area contributed by atoms with Crippen LogP contribution < -0.4 is 0 Å². The van der Waals surface area contributed by atoms with E-state index < -0.39 is 6.10 Å². The van der Waals surface area contributed by atoms with Crippen molar-refractivity contribution < 1.29 is 14.7 Å². The van der Waals surface area contributed by atoms with Gasteiger partial charge in [-0.25, -0.2) is 0 Å². The molecule has 1 amide bonds. The van der Waals surface area contributed by atoms with Gasteiger partial charge in [-0.05, 0) is 32.6 Å². The van der Waals surface area contributed by atoms with Gasteiger partial charge in [-0.1, -0.05) is 5.16 Å². The van der Waals surface area contributed by atoms with Crippen LogP contribution in [0.5, 0.6) is 0 Å². The summed E-state index contributed by atoms with van der Waals surface area (Å²) in [6.45, 7) is 1.78. The second-order valence-electron chi connectivity index (χ2n) is 4.38. The van der Waals surface area contributed by atoms with E-state index in [1.165, 1.54) is 4.90 Å². The van der Waals surface area contributed by atoms with Crippen molar-refractivity contribution in [3.63, 3.8) is 0 Å². The van der Waals surface area contributed by atoms with Crippen LogP contribution in [0, 0.1) is 0 Å². The quantitative estimate of drug-likeness (QED) is 0.584. The molecule has 1 fully saturated rings. The summed E-state index contributed by atoms with van der Waals surface area (Å²) in [7, 11) is 3.44. The van der Waals surface area contributed by atoms with Gasteiger partial charge in [-0.3, -0.25) is 4.79 Å². The Bertz CT molecular complexity index is 266. The molecule has 0 aliphatic heterocycles. The van der Waals surface area contributed by atoms with Gasteiger partial charge in [0, 0.05) is 14.1 Å². The third kappa shape index (κ3) is 3.48. The molecule has 0 heterocycles. The molecule has 0 radical (unpaired) electrons. The minimum Gasteiger partial charge on any atom is -0.411 e. The van der Waals surface area contributed by atoms with Gasteiger partial charge in [-0.2, -0.15) is 0 Å². The molecule has 16 heavy (non-hydrogen) atoms. The van der Waals surface area contributed by atoms with Crippen LogP contribution >= 0.6 is 0 Å². The number of rotatable bonds is 3. The van der Waals surface area contributed by atoms with Gasteiger partial charge in [0.15, 0.2) is 0 Å². The Morgan fingerprint density at radius 1 is 1.50 bits per heavy atom. The lowest BCUT2D eigenvalue weighted by atomic mass is 9.96. The zero-order valence-electron chi connectivity index (χ0n) is 10.1. The van der Waals surface area contributed by atoms with Gasteiger partial charge >= 0.3 is 0 Å². The van der Waals surface area contributed by atoms with Crippen LogP contribution in [-0.4, -0.2) is 48.0 Å². The minimum absolute atomic E-state index is 0.0124. The molecule has 1 unspecified atom stereocenters. The summed E-state index contributed by atoms with van der Waals surface area (Å²) in [5, 5.41) is 11.8. The molecule has 0 aromatic rings. The Labute approximate surface area is 96.1 Å². The zero-order chi connectivity index (χ0) is 12.1. The Balaban J connectivity index is 2.36. The number of amides is 1. The molecule has 1 aliphatic rings. The van der Waals surface area contributed by atoms with E-state index in [0.717, 1.165) is 31.4 Å². The first-order valence-electron chi connectivity index (χ1n) is 5.61. The summed E-state index contributed by atoms with van der Waals surface area (Å²) >= 11 is 0. The normalized spacial score (nSPS) is 22.7. The van der Waals surface area contributed by atoms with Crippen LogP contribution in [0.2, 0.25) is 0 Å². The molecule has 1 rings (SSSR count). The van der Waals surface area contributed by atoms with Gasteiger partial charge in [0.05, 0.1) is 11.8 Å². The Hall–Kier alpha value is -1.10. The Morgan fingerprint density at radius 2 is 2.06 bits per heavy atom. The highest BCUT2D eigenvalue weighted by Gasteiger charge is 2.24. The minimum atomic E-state index is -0.396. The van der Waals surface area contributed by atoms with Gasteiger partial charge < -0.3 is 14.8 Å². The Morgan fingerprint density at radius 3 is 2.50 bits per heavy atom. The van der Waals surface area contributed by atoms with Crippen molar-refractivity contribution in [2.75, 3.05) is 14.1 Å². The molecule has 1 N–H and O–H groups in total. The lowest BCUT2D eigenvalue weighted by molar-refractivity contribution is -0.144. The van der Waals surface area contributed by atoms with Crippen molar-refractivity contribution in [2.24, 2.45) is 5.16 Å². The monoisotopic (exact) mass is 228 g/mol. The Kier molecular flexibility index (Phi) is 4.73. The number of nitrogens with zero attached hydrogens (tertiary/aromatic N) is 2. The number of carbonyl (C=O) groups excluding carboxylic acids is 1. The smallest absolute Gasteiger partial charge is 0.250 e. The second kappa shape index (κ2) is 5.84. The fourth-order valence-electron chi connectivity index (χ4n) is 1.87. The summed E-state index contributed by atoms with van der Waals surface area (Å²) in [6.07, 6.45) is 2.86. The van der Waals surface area contributed by atoms with Crippen molar-refractivity contribution in [3.8, 4) is 0 Å². The molecule has 5 nitrogen and oxygen atoms in total. The lowest BCUT2D eigenvalue weighted by Gasteiger charge is -2.26. The van der Waals surface area contributed by atoms with E-state index in [4.69, 9.17) is 9.94 Å². The largest absolute Gasteiger partial charge is 0.411 e. The second-order valence-corrected chi connectivity index (χ2v) is 4.38. The molecule has 0 aromatic heterocycles. The predicted octanol–water partition coefficient (Wildman–Crippen LogP) is 1.25. The van der Waals surface area contributed by atoms with Gasteiger partial charge in [0.2, 0.25) is 0 Å². The molecule has 0 spiro atoms. The van der Waals surface area contributed by atoms with Crippen LogP contribution in [0.15, 0.2) is 5.16 Å². The lowest BCUT2D eigenvalue weighted by Crippen LogP contribution is -2.37. The molecule has 5 heteroatoms. The highest BCUT2D eigenvalue weighted by atomic mass is 16.5. The van der Waals surface area contributed by atoms with Crippen LogP contribution in [0.25, 0.3) is 0 Å². The summed E-state index contributed by atoms with van der Waals surface area (Å²) in [5.41, 5.74) is 0.825. The summed E-state index contributed by atoms with van der Waals surface area (Å²) < 4.78 is 5.68. The van der Waals surface area contributed by atoms with E-state index in [0.29, 0.717) is 0 Å². The summed E-state index contributed by atoms with van der Waals surface area (Å²) in [5.74, 6) is -0.0124. The highest BCUT2D eigenvalue weighted by molar-refractivity contribution is 5.84. The number of hydrogen-bond donors (Lipinski definition) is 1. The van der Waals surface area contributed by atoms with Crippen molar-refractivity contribution in [1.29, 1.82) is 0 Å². The number of oxime groups is 1. The van der Waals surface area contributed by atoms with Crippen LogP contribution in [0.3, 0.4) is 0 Å². The standard InChI is InChI=1S/C11H20N2O3/c1-8(11(14)13(2)3)16-10-6-4-9(12-15)5-7-10/h8,10,15H,4-7H2,1-3H3. The van der Waals surface area contributed by atoms with Crippen LogP contribution in [-0.2, 0) is 9.53 Å². The molecular formula is C11H20N2O3. The van der Waals surface area contributed by atoms with Gasteiger partial charge in [-0.15, -0.1) is 0 Å². The molecule has 1 atom stereocenters. The summed E-state index contributed by atoms with van der Waals surface area (Å²) in [4.78, 5) is 13.1. The fourth-order valence-corrected chi connectivity index (χ4v) is 1.87. The van der Waals surface area contributed by atoms with E-state index in [1.807, 2.05) is 0 Å². The van der Waals surface area contributed by atoms with Crippen molar-refractivity contribution in [1.82, 2.24) is 4.90 Å². The number of likely N-dealkylation sites (N-methyl/N-ethyl adjacent to an activating group) is 1. The molecule has 1 aliphatic carbocycles. The van der Waals surface area contributed by atoms with Gasteiger partial charge in [0.1, 0.15) is 6.10 Å². The number of carbonyl (C=O) groups is 1. The van der Waals surface area contributed by atoms with E-state index in [-0.39, 0.29) is 12.0 Å². The maximum Gasteiger partial charge on any atom is 0.250 e. The topological polar surface area (TPSA) is 62.1 Å². The SMILES string of the molecule is CC(OC1CCC(=NO)CC1)C(=O)N(C)C. The first-order chi connectivity index (χ1) is 7.54. The molecule has 1 saturated carbocycles. The third-order valence-electron chi connectivity index (χ3n) is 2.84. The zero-order valence-corrected chi connectivity index (χ0v) is 10.1.